The summed E-state index contributed by atoms with van der Waals surface area (Å²) in [5, 5.41) is 2.55. The zero-order valence-electron chi connectivity index (χ0n) is 19.5. The monoisotopic (exact) mass is 467 g/mol. The molecule has 7 nitrogen and oxygen atoms in total. The van der Waals surface area contributed by atoms with Gasteiger partial charge in [-0.2, -0.15) is 0 Å². The Balaban J connectivity index is 1.83. The lowest BCUT2D eigenvalue weighted by atomic mass is 10.00. The van der Waals surface area contributed by atoms with Crippen LogP contribution >= 0.6 is 0 Å². The Morgan fingerprint density at radius 3 is 2.31 bits per heavy atom. The summed E-state index contributed by atoms with van der Waals surface area (Å²) >= 11 is 0. The van der Waals surface area contributed by atoms with Gasteiger partial charge in [-0.1, -0.05) is 78.9 Å². The van der Waals surface area contributed by atoms with Gasteiger partial charge in [-0.3, -0.25) is 10.1 Å². The van der Waals surface area contributed by atoms with Gasteiger partial charge in [0.05, 0.1) is 17.5 Å². The summed E-state index contributed by atoms with van der Waals surface area (Å²) in [5.41, 5.74) is 1.22. The Morgan fingerprint density at radius 2 is 1.66 bits per heavy atom. The fourth-order valence-electron chi connectivity index (χ4n) is 4.00. The van der Waals surface area contributed by atoms with Crippen molar-refractivity contribution in [2.24, 2.45) is 4.99 Å². The Labute approximate surface area is 203 Å². The molecule has 35 heavy (non-hydrogen) atoms. The number of fused-ring (bicyclic) bond motifs is 1. The molecular formula is C28H25N3O4. The van der Waals surface area contributed by atoms with Crippen molar-refractivity contribution in [2.45, 2.75) is 32.2 Å². The SMILES string of the molecule is CC(C)N1C(=O)C(C=C=O)(NC(=O)OCc2ccccc2)N=C(c2ccccc2)c2ccccc21. The second-order valence-corrected chi connectivity index (χ2v) is 8.33. The molecular weight excluding hydrogens is 442 g/mol. The zero-order chi connectivity index (χ0) is 24.8. The van der Waals surface area contributed by atoms with Crippen LogP contribution in [0.5, 0.6) is 0 Å². The van der Waals surface area contributed by atoms with Crippen LogP contribution in [0.15, 0.2) is 96.0 Å². The van der Waals surface area contributed by atoms with E-state index in [0.29, 0.717) is 17.0 Å². The molecule has 1 aliphatic rings. The van der Waals surface area contributed by atoms with Crippen LogP contribution < -0.4 is 10.2 Å². The molecule has 2 amide bonds. The van der Waals surface area contributed by atoms with Crippen molar-refractivity contribution in [3.63, 3.8) is 0 Å². The van der Waals surface area contributed by atoms with E-state index < -0.39 is 17.7 Å². The van der Waals surface area contributed by atoms with Gasteiger partial charge in [-0.15, -0.1) is 0 Å². The first kappa shape index (κ1) is 23.7. The van der Waals surface area contributed by atoms with Crippen molar-refractivity contribution in [1.29, 1.82) is 0 Å². The molecule has 1 N–H and O–H groups in total. The topological polar surface area (TPSA) is 88.1 Å². The standard InChI is InChI=1S/C28H25N3O4/c1-20(2)31-24-16-10-9-15-23(24)25(22-13-7-4-8-14-22)29-28(17-18-32,26(31)33)30-27(34)35-19-21-11-5-3-6-12-21/h3-17,20H,19H2,1-2H3,(H,30,34). The Kier molecular flexibility index (Phi) is 6.90. The second kappa shape index (κ2) is 10.2. The number of alkyl carbamates (subject to hydrolysis) is 1. The van der Waals surface area contributed by atoms with Gasteiger partial charge >= 0.3 is 6.09 Å². The molecule has 7 heteroatoms. The summed E-state index contributed by atoms with van der Waals surface area (Å²) < 4.78 is 5.37. The van der Waals surface area contributed by atoms with Gasteiger partial charge in [0.2, 0.25) is 5.66 Å². The molecule has 0 saturated heterocycles. The average molecular weight is 468 g/mol. The van der Waals surface area contributed by atoms with E-state index in [0.717, 1.165) is 17.2 Å². The third-order valence-electron chi connectivity index (χ3n) is 5.59. The number of rotatable bonds is 6. The van der Waals surface area contributed by atoms with Crippen molar-refractivity contribution in [2.75, 3.05) is 4.90 Å². The first-order valence-corrected chi connectivity index (χ1v) is 11.2. The highest BCUT2D eigenvalue weighted by Crippen LogP contribution is 2.33. The van der Waals surface area contributed by atoms with E-state index in [9.17, 15) is 14.4 Å². The number of benzene rings is 3. The summed E-state index contributed by atoms with van der Waals surface area (Å²) in [6.45, 7) is 3.70. The van der Waals surface area contributed by atoms with E-state index in [1.54, 1.807) is 5.94 Å². The number of ether oxygens (including phenoxy) is 1. The van der Waals surface area contributed by atoms with Gasteiger partial charge < -0.3 is 9.64 Å². The minimum absolute atomic E-state index is 0.00881. The number of carbonyl (C=O) groups excluding carboxylic acids is 3. The first-order chi connectivity index (χ1) is 16.9. The van der Waals surface area contributed by atoms with E-state index in [-0.39, 0.29) is 12.6 Å². The van der Waals surface area contributed by atoms with Crippen LogP contribution in [-0.2, 0) is 20.9 Å². The molecule has 0 aliphatic carbocycles. The Morgan fingerprint density at radius 1 is 1.03 bits per heavy atom. The van der Waals surface area contributed by atoms with Crippen molar-refractivity contribution in [1.82, 2.24) is 5.32 Å². The third kappa shape index (κ3) is 4.90. The number of benzodiazepines with no additional fused rings is 1. The fourth-order valence-corrected chi connectivity index (χ4v) is 4.00. The van der Waals surface area contributed by atoms with E-state index in [1.165, 1.54) is 4.90 Å². The molecule has 4 rings (SSSR count). The van der Waals surface area contributed by atoms with Crippen molar-refractivity contribution >= 4 is 29.3 Å². The predicted octanol–water partition coefficient (Wildman–Crippen LogP) is 4.29. The van der Waals surface area contributed by atoms with Crippen LogP contribution in [0, 0.1) is 0 Å². The molecule has 1 unspecified atom stereocenters. The third-order valence-corrected chi connectivity index (χ3v) is 5.59. The molecule has 0 spiro atoms. The number of anilines is 1. The molecule has 0 bridgehead atoms. The van der Waals surface area contributed by atoms with Crippen molar-refractivity contribution in [3.8, 4) is 0 Å². The minimum Gasteiger partial charge on any atom is -0.445 e. The smallest absolute Gasteiger partial charge is 0.410 e. The van der Waals surface area contributed by atoms with Crippen LogP contribution in [0.4, 0.5) is 10.5 Å². The largest absolute Gasteiger partial charge is 0.445 e. The molecule has 0 fully saturated rings. The maximum Gasteiger partial charge on any atom is 0.410 e. The van der Waals surface area contributed by atoms with Gasteiger partial charge in [-0.25, -0.2) is 14.6 Å². The number of nitrogens with zero attached hydrogens (tertiary/aromatic N) is 2. The number of hydrogen-bond acceptors (Lipinski definition) is 5. The number of carbonyl (C=O) groups is 2. The lowest BCUT2D eigenvalue weighted by molar-refractivity contribution is -0.123. The maximum absolute atomic E-state index is 14.0. The molecule has 1 atom stereocenters. The maximum atomic E-state index is 14.0. The molecule has 3 aromatic rings. The molecule has 0 saturated carbocycles. The second-order valence-electron chi connectivity index (χ2n) is 8.33. The lowest BCUT2D eigenvalue weighted by Gasteiger charge is -2.33. The van der Waals surface area contributed by atoms with E-state index in [2.05, 4.69) is 5.32 Å². The number of para-hydroxylation sites is 1. The Bertz CT molecular complexity index is 1300. The summed E-state index contributed by atoms with van der Waals surface area (Å²) in [6, 6.07) is 25.5. The number of hydrogen-bond donors (Lipinski definition) is 1. The predicted molar refractivity (Wildman–Crippen MR) is 134 cm³/mol. The van der Waals surface area contributed by atoms with Gasteiger partial charge in [0.25, 0.3) is 5.91 Å². The molecule has 0 aromatic heterocycles. The minimum atomic E-state index is -2.05. The summed E-state index contributed by atoms with van der Waals surface area (Å²) in [4.78, 5) is 44.8. The van der Waals surface area contributed by atoms with E-state index in [4.69, 9.17) is 9.73 Å². The first-order valence-electron chi connectivity index (χ1n) is 11.2. The highest BCUT2D eigenvalue weighted by molar-refractivity contribution is 6.21. The van der Waals surface area contributed by atoms with Gasteiger partial charge in [0, 0.05) is 17.2 Å². The number of aliphatic imine (C=N–C) groups is 1. The lowest BCUT2D eigenvalue weighted by Crippen LogP contribution is -2.59. The molecule has 1 heterocycles. The molecule has 176 valence electrons. The van der Waals surface area contributed by atoms with Crippen molar-refractivity contribution in [3.05, 3.63) is 108 Å². The normalized spacial score (nSPS) is 17.1. The van der Waals surface area contributed by atoms with Gasteiger partial charge in [0.15, 0.2) is 0 Å². The van der Waals surface area contributed by atoms with Crippen LogP contribution in [0.3, 0.4) is 0 Å². The van der Waals surface area contributed by atoms with Crippen molar-refractivity contribution < 1.29 is 19.1 Å². The quantitative estimate of drug-likeness (QED) is 0.548. The van der Waals surface area contributed by atoms with E-state index >= 15 is 0 Å². The van der Waals surface area contributed by atoms with Crippen LogP contribution in [-0.4, -0.2) is 35.4 Å². The van der Waals surface area contributed by atoms with Crippen LogP contribution in [0.2, 0.25) is 0 Å². The molecule has 3 aromatic carbocycles. The number of amides is 2. The van der Waals surface area contributed by atoms with Crippen LogP contribution in [0.25, 0.3) is 0 Å². The average Bonchev–Trinajstić information content (AvgIpc) is 2.97. The Hall–Kier alpha value is -4.48. The fraction of sp³-hybridized carbons (Fsp3) is 0.179. The number of nitrogens with one attached hydrogen (secondary N) is 1. The van der Waals surface area contributed by atoms with Gasteiger partial charge in [0.1, 0.15) is 12.5 Å². The highest BCUT2D eigenvalue weighted by atomic mass is 16.5. The molecule has 0 radical (unpaired) electrons. The zero-order valence-corrected chi connectivity index (χ0v) is 19.5. The van der Waals surface area contributed by atoms with E-state index in [1.807, 2.05) is 98.8 Å². The van der Waals surface area contributed by atoms with Gasteiger partial charge in [-0.05, 0) is 25.5 Å². The van der Waals surface area contributed by atoms with Crippen LogP contribution in [0.1, 0.15) is 30.5 Å². The summed E-state index contributed by atoms with van der Waals surface area (Å²) in [6.07, 6.45) is 0.0445. The highest BCUT2D eigenvalue weighted by Gasteiger charge is 2.46. The summed E-state index contributed by atoms with van der Waals surface area (Å²) in [7, 11) is 0. The summed E-state index contributed by atoms with van der Waals surface area (Å²) in [5.74, 6) is 1.08. The molecule has 1 aliphatic heterocycles.